The lowest BCUT2D eigenvalue weighted by Gasteiger charge is -2.06. The van der Waals surface area contributed by atoms with Gasteiger partial charge in [0.05, 0.1) is 0 Å². The van der Waals surface area contributed by atoms with E-state index in [1.807, 2.05) is 0 Å². The second kappa shape index (κ2) is 5.74. The smallest absolute Gasteiger partial charge is 0.270 e. The van der Waals surface area contributed by atoms with Crippen molar-refractivity contribution >= 4 is 11.6 Å². The Morgan fingerprint density at radius 1 is 1.73 bits per heavy atom. The molecule has 1 atom stereocenters. The predicted molar refractivity (Wildman–Crippen MR) is 53.2 cm³/mol. The molecule has 7 nitrogen and oxygen atoms in total. The van der Waals surface area contributed by atoms with Gasteiger partial charge in [-0.15, -0.1) is 0 Å². The zero-order valence-corrected chi connectivity index (χ0v) is 8.51. The average molecular weight is 215 g/mol. The standard InChI is InChI=1S/C8H13N3O4/c1-3-6(5(2)11(14)15)4-7(10-13)8(9)12/h4-5,13H,3H2,1-2H3,(H2,9,12)/b6-4+,10-7-/t5-/m1/s1. The third kappa shape index (κ3) is 3.75. The van der Waals surface area contributed by atoms with E-state index in [0.717, 1.165) is 6.08 Å². The summed E-state index contributed by atoms with van der Waals surface area (Å²) >= 11 is 0. The maximum absolute atomic E-state index is 10.7. The van der Waals surface area contributed by atoms with Crippen LogP contribution in [0.15, 0.2) is 16.8 Å². The van der Waals surface area contributed by atoms with Crippen LogP contribution in [0.4, 0.5) is 0 Å². The molecule has 84 valence electrons. The molecule has 15 heavy (non-hydrogen) atoms. The summed E-state index contributed by atoms with van der Waals surface area (Å²) in [7, 11) is 0. The molecule has 0 aliphatic heterocycles. The molecule has 0 saturated carbocycles. The Morgan fingerprint density at radius 2 is 2.27 bits per heavy atom. The van der Waals surface area contributed by atoms with Crippen molar-refractivity contribution in [3.63, 3.8) is 0 Å². The lowest BCUT2D eigenvalue weighted by molar-refractivity contribution is -0.507. The number of hydrogen-bond acceptors (Lipinski definition) is 5. The predicted octanol–water partition coefficient (Wildman–Crippen LogP) is 0.304. The highest BCUT2D eigenvalue weighted by atomic mass is 16.6. The first kappa shape index (κ1) is 13.1. The summed E-state index contributed by atoms with van der Waals surface area (Å²) < 4.78 is 0. The van der Waals surface area contributed by atoms with Gasteiger partial charge in [-0.3, -0.25) is 14.9 Å². The highest BCUT2D eigenvalue weighted by molar-refractivity contribution is 6.42. The Labute approximate surface area is 86.4 Å². The van der Waals surface area contributed by atoms with E-state index < -0.39 is 16.9 Å². The number of carbonyl (C=O) groups is 1. The first-order valence-corrected chi connectivity index (χ1v) is 4.29. The zero-order chi connectivity index (χ0) is 12.0. The van der Waals surface area contributed by atoms with Gasteiger partial charge >= 0.3 is 0 Å². The van der Waals surface area contributed by atoms with Gasteiger partial charge in [-0.1, -0.05) is 12.1 Å². The largest absolute Gasteiger partial charge is 0.410 e. The molecule has 0 spiro atoms. The van der Waals surface area contributed by atoms with E-state index in [-0.39, 0.29) is 5.71 Å². The number of oxime groups is 1. The van der Waals surface area contributed by atoms with Crippen LogP contribution in [-0.4, -0.2) is 27.8 Å². The van der Waals surface area contributed by atoms with Gasteiger partial charge in [-0.2, -0.15) is 0 Å². The number of rotatable bonds is 5. The fourth-order valence-electron chi connectivity index (χ4n) is 0.978. The van der Waals surface area contributed by atoms with E-state index in [2.05, 4.69) is 5.16 Å². The van der Waals surface area contributed by atoms with Gasteiger partial charge in [-0.05, 0) is 12.5 Å². The van der Waals surface area contributed by atoms with Gasteiger partial charge in [0, 0.05) is 17.4 Å². The van der Waals surface area contributed by atoms with E-state index in [0.29, 0.717) is 12.0 Å². The molecule has 0 aliphatic carbocycles. The quantitative estimate of drug-likeness (QED) is 0.296. The molecular weight excluding hydrogens is 202 g/mol. The molecule has 0 heterocycles. The third-order valence-corrected chi connectivity index (χ3v) is 1.94. The molecule has 1 amide bonds. The van der Waals surface area contributed by atoms with Crippen LogP contribution in [0.1, 0.15) is 20.3 Å². The van der Waals surface area contributed by atoms with Crippen molar-refractivity contribution in [3.8, 4) is 0 Å². The molecule has 0 rings (SSSR count). The van der Waals surface area contributed by atoms with Gasteiger partial charge in [0.25, 0.3) is 5.91 Å². The highest BCUT2D eigenvalue weighted by Crippen LogP contribution is 2.10. The van der Waals surface area contributed by atoms with Gasteiger partial charge in [0.15, 0.2) is 5.71 Å². The van der Waals surface area contributed by atoms with Crippen LogP contribution in [-0.2, 0) is 4.79 Å². The lowest BCUT2D eigenvalue weighted by atomic mass is 10.0. The van der Waals surface area contributed by atoms with Gasteiger partial charge in [-0.25, -0.2) is 0 Å². The number of carbonyl (C=O) groups excluding carboxylic acids is 1. The molecule has 0 bridgehead atoms. The molecular formula is C8H13N3O4. The molecule has 0 aromatic carbocycles. The van der Waals surface area contributed by atoms with Crippen molar-refractivity contribution in [2.45, 2.75) is 26.3 Å². The number of nitrogens with zero attached hydrogens (tertiary/aromatic N) is 2. The SMILES string of the molecule is CC/C(=C\C(=N\O)C(N)=O)[C@@H](C)[N+](=O)[O-]. The summed E-state index contributed by atoms with van der Waals surface area (Å²) in [5.74, 6) is -0.931. The van der Waals surface area contributed by atoms with Crippen LogP contribution in [0.5, 0.6) is 0 Å². The minimum absolute atomic E-state index is 0.367. The van der Waals surface area contributed by atoms with E-state index in [9.17, 15) is 14.9 Å². The Bertz CT molecular complexity index is 322. The first-order chi connectivity index (χ1) is 6.93. The summed E-state index contributed by atoms with van der Waals surface area (Å²) in [5.41, 5.74) is 4.86. The van der Waals surface area contributed by atoms with Crippen molar-refractivity contribution in [2.24, 2.45) is 10.9 Å². The maximum Gasteiger partial charge on any atom is 0.270 e. The topological polar surface area (TPSA) is 119 Å². The van der Waals surface area contributed by atoms with Crippen molar-refractivity contribution < 1.29 is 14.9 Å². The lowest BCUT2D eigenvalue weighted by Crippen LogP contribution is -2.24. The fourth-order valence-corrected chi connectivity index (χ4v) is 0.978. The number of nitrogens with two attached hydrogens (primary N) is 1. The van der Waals surface area contributed by atoms with Gasteiger partial charge in [0.2, 0.25) is 6.04 Å². The molecule has 0 aliphatic rings. The van der Waals surface area contributed by atoms with Gasteiger partial charge < -0.3 is 10.9 Å². The second-order valence-corrected chi connectivity index (χ2v) is 2.88. The minimum Gasteiger partial charge on any atom is -0.410 e. The number of hydrogen-bond donors (Lipinski definition) is 2. The highest BCUT2D eigenvalue weighted by Gasteiger charge is 2.19. The Balaban J connectivity index is 5.03. The van der Waals surface area contributed by atoms with Crippen LogP contribution in [0, 0.1) is 10.1 Å². The van der Waals surface area contributed by atoms with Crippen LogP contribution < -0.4 is 5.73 Å². The molecule has 0 unspecified atom stereocenters. The third-order valence-electron chi connectivity index (χ3n) is 1.94. The number of primary amides is 1. The van der Waals surface area contributed by atoms with Gasteiger partial charge in [0.1, 0.15) is 0 Å². The van der Waals surface area contributed by atoms with Crippen molar-refractivity contribution in [3.05, 3.63) is 21.8 Å². The van der Waals surface area contributed by atoms with Crippen LogP contribution in [0.25, 0.3) is 0 Å². The summed E-state index contributed by atoms with van der Waals surface area (Å²) in [5, 5.41) is 21.6. The zero-order valence-electron chi connectivity index (χ0n) is 8.51. The monoisotopic (exact) mass is 215 g/mol. The number of amides is 1. The summed E-state index contributed by atoms with van der Waals surface area (Å²) in [6.07, 6.45) is 1.50. The second-order valence-electron chi connectivity index (χ2n) is 2.88. The average Bonchev–Trinajstić information content (AvgIpc) is 2.18. The molecule has 0 aromatic heterocycles. The van der Waals surface area contributed by atoms with Crippen LogP contribution in [0.3, 0.4) is 0 Å². The van der Waals surface area contributed by atoms with E-state index in [1.54, 1.807) is 6.92 Å². The van der Waals surface area contributed by atoms with E-state index in [1.165, 1.54) is 6.92 Å². The Kier molecular flexibility index (Phi) is 5.00. The summed E-state index contributed by atoms with van der Waals surface area (Å²) in [6.45, 7) is 3.08. The number of nitro groups is 1. The molecule has 7 heteroatoms. The minimum atomic E-state index is -0.939. The van der Waals surface area contributed by atoms with Crippen molar-refractivity contribution in [2.75, 3.05) is 0 Å². The Hall–Kier alpha value is -1.92. The molecule has 0 aromatic rings. The van der Waals surface area contributed by atoms with E-state index in [4.69, 9.17) is 10.9 Å². The van der Waals surface area contributed by atoms with E-state index >= 15 is 0 Å². The molecule has 3 N–H and O–H groups in total. The molecule has 0 fully saturated rings. The van der Waals surface area contributed by atoms with Crippen molar-refractivity contribution in [1.29, 1.82) is 0 Å². The van der Waals surface area contributed by atoms with Crippen LogP contribution >= 0.6 is 0 Å². The summed E-state index contributed by atoms with van der Waals surface area (Å²) in [6, 6.07) is -0.939. The fraction of sp³-hybridized carbons (Fsp3) is 0.500. The van der Waals surface area contributed by atoms with Crippen molar-refractivity contribution in [1.82, 2.24) is 0 Å². The Morgan fingerprint density at radius 3 is 2.53 bits per heavy atom. The molecule has 0 saturated heterocycles. The maximum atomic E-state index is 10.7. The normalized spacial score (nSPS) is 14.8. The van der Waals surface area contributed by atoms with Crippen LogP contribution in [0.2, 0.25) is 0 Å². The summed E-state index contributed by atoms with van der Waals surface area (Å²) in [4.78, 5) is 20.7. The molecule has 0 radical (unpaired) electrons. The first-order valence-electron chi connectivity index (χ1n) is 4.29.